The van der Waals surface area contributed by atoms with Crippen LogP contribution in [0.5, 0.6) is 0 Å². The second kappa shape index (κ2) is 6.06. The summed E-state index contributed by atoms with van der Waals surface area (Å²) < 4.78 is 0. The van der Waals surface area contributed by atoms with Gasteiger partial charge in [-0.3, -0.25) is 21.0 Å². The van der Waals surface area contributed by atoms with E-state index in [4.69, 9.17) is 12.2 Å². The zero-order chi connectivity index (χ0) is 15.5. The standard InChI is InChI=1S/C14H14N6OS/c1-20-18-13(17-19-20)16-14(22)15-12(21)11-8-4-6-9-5-2-3-7-10(9)11/h2-8,19H,1H3,(H3,15,16,17,18,21,22). The van der Waals surface area contributed by atoms with Gasteiger partial charge in [0.2, 0.25) is 11.1 Å². The topological polar surface area (TPSA) is 80.8 Å². The number of benzene rings is 2. The van der Waals surface area contributed by atoms with Crippen LogP contribution < -0.4 is 21.7 Å². The Hall–Kier alpha value is -2.55. The first-order valence-electron chi connectivity index (χ1n) is 6.57. The zero-order valence-electron chi connectivity index (χ0n) is 11.8. The minimum atomic E-state index is -0.287. The van der Waals surface area contributed by atoms with Crippen molar-refractivity contribution in [3.05, 3.63) is 48.0 Å². The van der Waals surface area contributed by atoms with Crippen molar-refractivity contribution in [1.29, 1.82) is 0 Å². The lowest BCUT2D eigenvalue weighted by molar-refractivity contribution is 0.0979. The lowest BCUT2D eigenvalue weighted by Gasteiger charge is -2.07. The van der Waals surface area contributed by atoms with Crippen molar-refractivity contribution in [2.24, 2.45) is 4.99 Å². The molecule has 2 aromatic carbocycles. The van der Waals surface area contributed by atoms with E-state index in [1.807, 2.05) is 36.4 Å². The Labute approximate surface area is 132 Å². The Morgan fingerprint density at radius 2 is 2.00 bits per heavy atom. The molecular weight excluding hydrogens is 300 g/mol. The van der Waals surface area contributed by atoms with Crippen LogP contribution in [0.1, 0.15) is 10.4 Å². The molecule has 1 aliphatic rings. The van der Waals surface area contributed by atoms with Crippen molar-refractivity contribution >= 4 is 40.0 Å². The fourth-order valence-electron chi connectivity index (χ4n) is 2.12. The number of hydrogen-bond donors (Lipinski definition) is 4. The minimum Gasteiger partial charge on any atom is -0.297 e. The first kappa shape index (κ1) is 14.4. The van der Waals surface area contributed by atoms with Gasteiger partial charge in [-0.05, 0) is 29.1 Å². The maximum Gasteiger partial charge on any atom is 0.258 e. The number of thiocarbonyl (C=S) groups is 1. The molecule has 0 spiro atoms. The fraction of sp³-hybridized carbons (Fsp3) is 0.0714. The SMILES string of the molecule is CN1NN/C(=N\C(=S)NC(=O)c2cccc3ccccc23)N1. The molecule has 0 unspecified atom stereocenters. The number of carbonyl (C=O) groups excluding carboxylic acids is 1. The van der Waals surface area contributed by atoms with Crippen LogP contribution in [-0.4, -0.2) is 29.1 Å². The summed E-state index contributed by atoms with van der Waals surface area (Å²) >= 11 is 5.08. The minimum absolute atomic E-state index is 0.0741. The third kappa shape index (κ3) is 3.03. The third-order valence-electron chi connectivity index (χ3n) is 3.08. The van der Waals surface area contributed by atoms with E-state index in [-0.39, 0.29) is 11.0 Å². The zero-order valence-corrected chi connectivity index (χ0v) is 12.6. The molecule has 1 heterocycles. The molecule has 0 bridgehead atoms. The molecule has 0 aromatic heterocycles. The van der Waals surface area contributed by atoms with Crippen LogP contribution in [0.2, 0.25) is 0 Å². The molecule has 7 nitrogen and oxygen atoms in total. The van der Waals surface area contributed by atoms with Gasteiger partial charge in [0.15, 0.2) is 0 Å². The van der Waals surface area contributed by atoms with Crippen molar-refractivity contribution < 1.29 is 4.79 Å². The van der Waals surface area contributed by atoms with Crippen LogP contribution in [0, 0.1) is 0 Å². The summed E-state index contributed by atoms with van der Waals surface area (Å²) in [5, 5.41) is 6.12. The van der Waals surface area contributed by atoms with Crippen molar-refractivity contribution in [3.63, 3.8) is 0 Å². The number of rotatable bonds is 1. The first-order chi connectivity index (χ1) is 10.6. The predicted octanol–water partition coefficient (Wildman–Crippen LogP) is 0.670. The normalized spacial score (nSPS) is 16.3. The Kier molecular flexibility index (Phi) is 3.96. The quantitative estimate of drug-likeness (QED) is 0.579. The summed E-state index contributed by atoms with van der Waals surface area (Å²) in [6.07, 6.45) is 0. The third-order valence-corrected chi connectivity index (χ3v) is 3.28. The van der Waals surface area contributed by atoms with Gasteiger partial charge in [-0.15, -0.1) is 10.7 Å². The van der Waals surface area contributed by atoms with Crippen LogP contribution >= 0.6 is 12.2 Å². The highest BCUT2D eigenvalue weighted by atomic mass is 32.1. The number of nitrogens with one attached hydrogen (secondary N) is 4. The van der Waals surface area contributed by atoms with Gasteiger partial charge in [0.1, 0.15) is 0 Å². The van der Waals surface area contributed by atoms with Crippen LogP contribution in [-0.2, 0) is 0 Å². The smallest absolute Gasteiger partial charge is 0.258 e. The summed E-state index contributed by atoms with van der Waals surface area (Å²) in [6, 6.07) is 13.2. The highest BCUT2D eigenvalue weighted by molar-refractivity contribution is 7.80. The van der Waals surface area contributed by atoms with Gasteiger partial charge in [0.05, 0.1) is 0 Å². The summed E-state index contributed by atoms with van der Waals surface area (Å²) in [5.41, 5.74) is 8.92. The molecule has 0 saturated carbocycles. The van der Waals surface area contributed by atoms with E-state index < -0.39 is 0 Å². The number of carbonyl (C=O) groups is 1. The molecule has 3 rings (SSSR count). The Balaban J connectivity index is 1.78. The van der Waals surface area contributed by atoms with Gasteiger partial charge in [-0.25, -0.2) is 0 Å². The van der Waals surface area contributed by atoms with Gasteiger partial charge in [0, 0.05) is 12.6 Å². The van der Waals surface area contributed by atoms with E-state index in [1.54, 1.807) is 18.2 Å². The van der Waals surface area contributed by atoms with Gasteiger partial charge >= 0.3 is 0 Å². The molecule has 22 heavy (non-hydrogen) atoms. The molecule has 0 atom stereocenters. The van der Waals surface area contributed by atoms with Gasteiger partial charge in [-0.2, -0.15) is 4.99 Å². The molecule has 112 valence electrons. The number of nitrogens with zero attached hydrogens (tertiary/aromatic N) is 2. The van der Waals surface area contributed by atoms with Crippen molar-refractivity contribution in [3.8, 4) is 0 Å². The first-order valence-corrected chi connectivity index (χ1v) is 6.98. The molecule has 0 aliphatic carbocycles. The molecule has 1 amide bonds. The second-order valence-electron chi connectivity index (χ2n) is 4.65. The van der Waals surface area contributed by atoms with Gasteiger partial charge in [0.25, 0.3) is 5.91 Å². The monoisotopic (exact) mass is 314 g/mol. The molecule has 1 fully saturated rings. The van der Waals surface area contributed by atoms with E-state index in [1.165, 1.54) is 0 Å². The second-order valence-corrected chi connectivity index (χ2v) is 5.04. The van der Waals surface area contributed by atoms with Crippen LogP contribution in [0.15, 0.2) is 47.5 Å². The molecular formula is C14H14N6OS. The summed E-state index contributed by atoms with van der Waals surface area (Å²) in [6.45, 7) is 0. The highest BCUT2D eigenvalue weighted by Crippen LogP contribution is 2.18. The lowest BCUT2D eigenvalue weighted by Crippen LogP contribution is -2.36. The maximum atomic E-state index is 12.4. The number of hydrogen-bond acceptors (Lipinski definition) is 4. The fourth-order valence-corrected chi connectivity index (χ4v) is 2.31. The van der Waals surface area contributed by atoms with E-state index in [2.05, 4.69) is 26.7 Å². The number of amides is 1. The van der Waals surface area contributed by atoms with Crippen molar-refractivity contribution in [2.75, 3.05) is 7.05 Å². The molecule has 4 N–H and O–H groups in total. The Morgan fingerprint density at radius 3 is 2.77 bits per heavy atom. The molecule has 1 saturated heterocycles. The Morgan fingerprint density at radius 1 is 1.23 bits per heavy atom. The van der Waals surface area contributed by atoms with Crippen molar-refractivity contribution in [1.82, 2.24) is 26.8 Å². The van der Waals surface area contributed by atoms with Gasteiger partial charge < -0.3 is 0 Å². The van der Waals surface area contributed by atoms with Crippen LogP contribution in [0.25, 0.3) is 10.8 Å². The number of guanidine groups is 1. The van der Waals surface area contributed by atoms with E-state index >= 15 is 0 Å². The predicted molar refractivity (Wildman–Crippen MR) is 88.6 cm³/mol. The highest BCUT2D eigenvalue weighted by Gasteiger charge is 2.14. The molecule has 8 heteroatoms. The number of aliphatic imine (C=N–C) groups is 1. The summed E-state index contributed by atoms with van der Waals surface area (Å²) in [7, 11) is 1.76. The van der Waals surface area contributed by atoms with E-state index in [0.29, 0.717) is 11.5 Å². The molecule has 1 aliphatic heterocycles. The number of fused-ring (bicyclic) bond motifs is 1. The average Bonchev–Trinajstić information content (AvgIpc) is 2.91. The van der Waals surface area contributed by atoms with Gasteiger partial charge in [-0.1, -0.05) is 36.4 Å². The van der Waals surface area contributed by atoms with Crippen molar-refractivity contribution in [2.45, 2.75) is 0 Å². The summed E-state index contributed by atoms with van der Waals surface area (Å²) in [5.74, 6) is 0.121. The van der Waals surface area contributed by atoms with Crippen LogP contribution in [0.4, 0.5) is 0 Å². The van der Waals surface area contributed by atoms with E-state index in [9.17, 15) is 4.79 Å². The molecule has 0 radical (unpaired) electrons. The average molecular weight is 314 g/mol. The van der Waals surface area contributed by atoms with E-state index in [0.717, 1.165) is 10.8 Å². The molecule has 2 aromatic rings. The number of hydrazine groups is 3. The largest absolute Gasteiger partial charge is 0.297 e. The summed E-state index contributed by atoms with van der Waals surface area (Å²) in [4.78, 5) is 16.4. The van der Waals surface area contributed by atoms with Crippen LogP contribution in [0.3, 0.4) is 0 Å². The maximum absolute atomic E-state index is 12.4. The Bertz CT molecular complexity index is 770. The lowest BCUT2D eigenvalue weighted by atomic mass is 10.0.